The third kappa shape index (κ3) is 6.26. The van der Waals surface area contributed by atoms with Crippen LogP contribution in [0.1, 0.15) is 5.56 Å². The topological polar surface area (TPSA) is 59.9 Å². The van der Waals surface area contributed by atoms with Gasteiger partial charge in [0.2, 0.25) is 0 Å². The summed E-state index contributed by atoms with van der Waals surface area (Å²) in [6.07, 6.45) is 3.23. The zero-order valence-electron chi connectivity index (χ0n) is 12.9. The molecule has 0 bridgehead atoms. The van der Waals surface area contributed by atoms with E-state index < -0.39 is 0 Å². The van der Waals surface area contributed by atoms with Crippen molar-refractivity contribution >= 4 is 28.1 Å². The van der Waals surface area contributed by atoms with Gasteiger partial charge < -0.3 is 9.47 Å². The number of ether oxygens (including phenoxy) is 2. The maximum Gasteiger partial charge on any atom is 0.277 e. The van der Waals surface area contributed by atoms with Crippen LogP contribution >= 0.6 is 15.9 Å². The molecule has 0 radical (unpaired) electrons. The Morgan fingerprint density at radius 3 is 2.67 bits per heavy atom. The molecule has 2 aromatic rings. The minimum absolute atomic E-state index is 0.109. The Morgan fingerprint density at radius 1 is 1.17 bits per heavy atom. The van der Waals surface area contributed by atoms with E-state index in [0.717, 1.165) is 15.8 Å². The molecule has 0 aliphatic heterocycles. The maximum atomic E-state index is 11.7. The lowest BCUT2D eigenvalue weighted by molar-refractivity contribution is -0.123. The van der Waals surface area contributed by atoms with Crippen molar-refractivity contribution in [3.63, 3.8) is 0 Å². The molecule has 0 fully saturated rings. The summed E-state index contributed by atoms with van der Waals surface area (Å²) in [5.74, 6) is 1.02. The summed E-state index contributed by atoms with van der Waals surface area (Å²) in [7, 11) is 0. The van der Waals surface area contributed by atoms with E-state index in [1.165, 1.54) is 0 Å². The number of nitrogens with zero attached hydrogens (tertiary/aromatic N) is 1. The van der Waals surface area contributed by atoms with Gasteiger partial charge in [0.25, 0.3) is 5.91 Å². The van der Waals surface area contributed by atoms with Crippen LogP contribution in [0.4, 0.5) is 0 Å². The van der Waals surface area contributed by atoms with Crippen LogP contribution in [-0.2, 0) is 4.79 Å². The first-order chi connectivity index (χ1) is 11.7. The molecule has 1 N–H and O–H groups in total. The minimum Gasteiger partial charge on any atom is -0.490 e. The minimum atomic E-state index is -0.336. The molecule has 0 heterocycles. The molecular formula is C18H17BrN2O3. The van der Waals surface area contributed by atoms with Crippen molar-refractivity contribution in [1.82, 2.24) is 5.43 Å². The number of hydrogen-bond donors (Lipinski definition) is 1. The lowest BCUT2D eigenvalue weighted by atomic mass is 10.2. The highest BCUT2D eigenvalue weighted by atomic mass is 79.9. The molecule has 0 saturated carbocycles. The average Bonchev–Trinajstić information content (AvgIpc) is 2.59. The predicted molar refractivity (Wildman–Crippen MR) is 97.5 cm³/mol. The number of hydrazone groups is 1. The van der Waals surface area contributed by atoms with Gasteiger partial charge in [-0.1, -0.05) is 34.7 Å². The number of halogens is 1. The van der Waals surface area contributed by atoms with Gasteiger partial charge in [-0.05, 0) is 48.0 Å². The molecule has 0 atom stereocenters. The highest BCUT2D eigenvalue weighted by molar-refractivity contribution is 9.10. The molecule has 5 nitrogen and oxygen atoms in total. The van der Waals surface area contributed by atoms with Crippen LogP contribution in [0.2, 0.25) is 0 Å². The summed E-state index contributed by atoms with van der Waals surface area (Å²) in [6, 6.07) is 14.6. The second-order valence-electron chi connectivity index (χ2n) is 4.71. The molecule has 0 saturated heterocycles. The van der Waals surface area contributed by atoms with Gasteiger partial charge in [-0.2, -0.15) is 5.10 Å². The number of carbonyl (C=O) groups is 1. The van der Waals surface area contributed by atoms with Gasteiger partial charge in [0.05, 0.1) is 6.21 Å². The SMILES string of the molecule is C=CCOc1ccc(C=NNC(=O)COc2cccc(Br)c2)cc1. The van der Waals surface area contributed by atoms with E-state index in [9.17, 15) is 4.79 Å². The number of benzene rings is 2. The highest BCUT2D eigenvalue weighted by Crippen LogP contribution is 2.17. The molecular weight excluding hydrogens is 372 g/mol. The molecule has 0 unspecified atom stereocenters. The van der Waals surface area contributed by atoms with Crippen molar-refractivity contribution in [1.29, 1.82) is 0 Å². The van der Waals surface area contributed by atoms with Gasteiger partial charge in [-0.3, -0.25) is 4.79 Å². The fraction of sp³-hybridized carbons (Fsp3) is 0.111. The van der Waals surface area contributed by atoms with Crippen molar-refractivity contribution in [2.24, 2.45) is 5.10 Å². The van der Waals surface area contributed by atoms with Crippen molar-refractivity contribution in [2.75, 3.05) is 13.2 Å². The first kappa shape index (κ1) is 17.7. The highest BCUT2D eigenvalue weighted by Gasteiger charge is 2.01. The fourth-order valence-corrected chi connectivity index (χ4v) is 2.10. The Hall–Kier alpha value is -2.60. The number of rotatable bonds is 8. The van der Waals surface area contributed by atoms with Crippen LogP contribution in [0.15, 0.2) is 70.8 Å². The van der Waals surface area contributed by atoms with Crippen LogP contribution in [0, 0.1) is 0 Å². The van der Waals surface area contributed by atoms with Crippen LogP contribution in [0.3, 0.4) is 0 Å². The standard InChI is InChI=1S/C18H17BrN2O3/c1-2-10-23-16-8-6-14(7-9-16)12-20-21-18(22)13-24-17-5-3-4-15(19)11-17/h2-9,11-12H,1,10,13H2,(H,21,22). The van der Waals surface area contributed by atoms with Crippen LogP contribution in [-0.4, -0.2) is 25.3 Å². The van der Waals surface area contributed by atoms with E-state index in [4.69, 9.17) is 9.47 Å². The van der Waals surface area contributed by atoms with Gasteiger partial charge in [-0.15, -0.1) is 0 Å². The second-order valence-corrected chi connectivity index (χ2v) is 5.62. The van der Waals surface area contributed by atoms with Crippen molar-refractivity contribution in [2.45, 2.75) is 0 Å². The van der Waals surface area contributed by atoms with E-state index in [2.05, 4.69) is 33.0 Å². The molecule has 0 aliphatic rings. The van der Waals surface area contributed by atoms with E-state index in [1.54, 1.807) is 24.4 Å². The predicted octanol–water partition coefficient (Wildman–Crippen LogP) is 3.54. The third-order valence-corrected chi connectivity index (χ3v) is 3.31. The maximum absolute atomic E-state index is 11.7. The molecule has 6 heteroatoms. The molecule has 24 heavy (non-hydrogen) atoms. The summed E-state index contributed by atoms with van der Waals surface area (Å²) in [5.41, 5.74) is 3.26. The molecule has 0 aromatic heterocycles. The summed E-state index contributed by atoms with van der Waals surface area (Å²) in [6.45, 7) is 3.94. The summed E-state index contributed by atoms with van der Waals surface area (Å²) < 4.78 is 11.6. The van der Waals surface area contributed by atoms with Crippen LogP contribution in [0.25, 0.3) is 0 Å². The quantitative estimate of drug-likeness (QED) is 0.427. The van der Waals surface area contributed by atoms with Gasteiger partial charge in [0.15, 0.2) is 6.61 Å². The Balaban J connectivity index is 1.76. The average molecular weight is 389 g/mol. The molecule has 2 rings (SSSR count). The Kier molecular flexibility index (Phi) is 7.04. The van der Waals surface area contributed by atoms with E-state index in [-0.39, 0.29) is 12.5 Å². The normalized spacial score (nSPS) is 10.4. The van der Waals surface area contributed by atoms with Gasteiger partial charge in [-0.25, -0.2) is 5.43 Å². The zero-order valence-corrected chi connectivity index (χ0v) is 14.5. The smallest absolute Gasteiger partial charge is 0.277 e. The van der Waals surface area contributed by atoms with Gasteiger partial charge in [0, 0.05) is 4.47 Å². The number of carbonyl (C=O) groups excluding carboxylic acids is 1. The van der Waals surface area contributed by atoms with Crippen molar-refractivity contribution in [3.8, 4) is 11.5 Å². The first-order valence-corrected chi connectivity index (χ1v) is 8.00. The largest absolute Gasteiger partial charge is 0.490 e. The second kappa shape index (κ2) is 9.52. The van der Waals surface area contributed by atoms with Gasteiger partial charge >= 0.3 is 0 Å². The lowest BCUT2D eigenvalue weighted by Crippen LogP contribution is -2.24. The third-order valence-electron chi connectivity index (χ3n) is 2.82. The van der Waals surface area contributed by atoms with Crippen molar-refractivity contribution < 1.29 is 14.3 Å². The first-order valence-electron chi connectivity index (χ1n) is 7.21. The Bertz CT molecular complexity index is 714. The zero-order chi connectivity index (χ0) is 17.2. The van der Waals surface area contributed by atoms with Crippen LogP contribution < -0.4 is 14.9 Å². The monoisotopic (exact) mass is 388 g/mol. The van der Waals surface area contributed by atoms with E-state index in [0.29, 0.717) is 12.4 Å². The summed E-state index contributed by atoms with van der Waals surface area (Å²) >= 11 is 3.34. The summed E-state index contributed by atoms with van der Waals surface area (Å²) in [5, 5.41) is 3.89. The Morgan fingerprint density at radius 2 is 1.96 bits per heavy atom. The van der Waals surface area contributed by atoms with E-state index >= 15 is 0 Å². The van der Waals surface area contributed by atoms with Crippen LogP contribution in [0.5, 0.6) is 11.5 Å². The Labute approximate surface area is 149 Å². The lowest BCUT2D eigenvalue weighted by Gasteiger charge is -2.05. The van der Waals surface area contributed by atoms with E-state index in [1.807, 2.05) is 36.4 Å². The fourth-order valence-electron chi connectivity index (χ4n) is 1.72. The number of nitrogens with one attached hydrogen (secondary N) is 1. The number of amides is 1. The molecule has 124 valence electrons. The molecule has 0 aliphatic carbocycles. The molecule has 1 amide bonds. The number of hydrogen-bond acceptors (Lipinski definition) is 4. The molecule has 0 spiro atoms. The van der Waals surface area contributed by atoms with Gasteiger partial charge in [0.1, 0.15) is 18.1 Å². The molecule has 2 aromatic carbocycles. The summed E-state index contributed by atoms with van der Waals surface area (Å²) in [4.78, 5) is 11.7. The van der Waals surface area contributed by atoms with Crippen molar-refractivity contribution in [3.05, 3.63) is 71.2 Å².